The van der Waals surface area contributed by atoms with Crippen molar-refractivity contribution in [1.82, 2.24) is 14.5 Å². The van der Waals surface area contributed by atoms with Crippen molar-refractivity contribution in [2.45, 2.75) is 51.7 Å². The topological polar surface area (TPSA) is 58.4 Å². The third-order valence-electron chi connectivity index (χ3n) is 3.83. The molecule has 2 heterocycles. The molecule has 0 radical (unpaired) electrons. The van der Waals surface area contributed by atoms with E-state index in [1.165, 1.54) is 0 Å². The summed E-state index contributed by atoms with van der Waals surface area (Å²) in [5, 5.41) is 9.27. The number of likely N-dealkylation sites (tertiary alicyclic amines) is 1. The molecule has 1 aliphatic rings. The lowest BCUT2D eigenvalue weighted by molar-refractivity contribution is -0.143. The van der Waals surface area contributed by atoms with Gasteiger partial charge in [-0.3, -0.25) is 9.69 Å². The van der Waals surface area contributed by atoms with Gasteiger partial charge in [-0.25, -0.2) is 4.98 Å². The van der Waals surface area contributed by atoms with Crippen LogP contribution in [-0.4, -0.2) is 44.2 Å². The maximum atomic E-state index is 11.3. The number of carboxylic acid groups (broad SMARTS) is 1. The van der Waals surface area contributed by atoms with Gasteiger partial charge in [0, 0.05) is 25.0 Å². The van der Waals surface area contributed by atoms with Crippen LogP contribution in [0.25, 0.3) is 0 Å². The van der Waals surface area contributed by atoms with E-state index in [4.69, 9.17) is 0 Å². The maximum absolute atomic E-state index is 11.3. The van der Waals surface area contributed by atoms with E-state index in [2.05, 4.69) is 14.5 Å². The van der Waals surface area contributed by atoms with Crippen molar-refractivity contribution in [3.05, 3.63) is 18.2 Å². The van der Waals surface area contributed by atoms with Crippen molar-refractivity contribution >= 4 is 5.97 Å². The minimum atomic E-state index is -0.702. The number of aryl methyl sites for hydroxylation is 1. The standard InChI is InChI=1S/C13H21N3O2/c1-3-12(13(17)18)16-7-4-5-11(16)9-15-8-6-14-10(15)2/h6,8,11-12H,3-5,7,9H2,1-2H3,(H,17,18). The van der Waals surface area contributed by atoms with E-state index < -0.39 is 5.97 Å². The second-order valence-corrected chi connectivity index (χ2v) is 4.92. The molecule has 0 spiro atoms. The van der Waals surface area contributed by atoms with Gasteiger partial charge in [-0.05, 0) is 32.7 Å². The third kappa shape index (κ3) is 2.56. The number of hydrogen-bond donors (Lipinski definition) is 1. The molecule has 0 saturated carbocycles. The zero-order valence-corrected chi connectivity index (χ0v) is 11.0. The predicted molar refractivity (Wildman–Crippen MR) is 68.4 cm³/mol. The molecule has 0 bridgehead atoms. The van der Waals surface area contributed by atoms with Crippen LogP contribution >= 0.6 is 0 Å². The molecular weight excluding hydrogens is 230 g/mol. The summed E-state index contributed by atoms with van der Waals surface area (Å²) >= 11 is 0. The van der Waals surface area contributed by atoms with Crippen LogP contribution in [0.5, 0.6) is 0 Å². The van der Waals surface area contributed by atoms with Gasteiger partial charge in [0.15, 0.2) is 0 Å². The fraction of sp³-hybridized carbons (Fsp3) is 0.692. The fourth-order valence-corrected chi connectivity index (χ4v) is 2.84. The second-order valence-electron chi connectivity index (χ2n) is 4.92. The number of carboxylic acids is 1. The second kappa shape index (κ2) is 5.52. The summed E-state index contributed by atoms with van der Waals surface area (Å²) in [5.41, 5.74) is 0. The SMILES string of the molecule is CCC(C(=O)O)N1CCCC1Cn1ccnc1C. The van der Waals surface area contributed by atoms with E-state index in [0.29, 0.717) is 12.5 Å². The van der Waals surface area contributed by atoms with Gasteiger partial charge in [-0.1, -0.05) is 6.92 Å². The molecule has 1 saturated heterocycles. The highest BCUT2D eigenvalue weighted by Gasteiger charge is 2.33. The highest BCUT2D eigenvalue weighted by molar-refractivity contribution is 5.73. The number of aliphatic carboxylic acids is 1. The Morgan fingerprint density at radius 1 is 1.67 bits per heavy atom. The smallest absolute Gasteiger partial charge is 0.320 e. The zero-order valence-electron chi connectivity index (χ0n) is 11.0. The number of hydrogen-bond acceptors (Lipinski definition) is 3. The molecule has 18 heavy (non-hydrogen) atoms. The molecule has 2 unspecified atom stereocenters. The number of rotatable bonds is 5. The summed E-state index contributed by atoms with van der Waals surface area (Å²) in [4.78, 5) is 17.6. The summed E-state index contributed by atoms with van der Waals surface area (Å²) < 4.78 is 2.11. The Labute approximate surface area is 107 Å². The molecule has 100 valence electrons. The molecule has 1 aromatic rings. The van der Waals surface area contributed by atoms with Crippen molar-refractivity contribution in [1.29, 1.82) is 0 Å². The van der Waals surface area contributed by atoms with E-state index in [1.54, 1.807) is 6.20 Å². The van der Waals surface area contributed by atoms with Gasteiger partial charge >= 0.3 is 5.97 Å². The average molecular weight is 251 g/mol. The van der Waals surface area contributed by atoms with Crippen LogP contribution in [0.3, 0.4) is 0 Å². The molecule has 1 fully saturated rings. The first-order valence-electron chi connectivity index (χ1n) is 6.59. The normalized spacial score (nSPS) is 22.2. The molecule has 0 amide bonds. The zero-order chi connectivity index (χ0) is 13.1. The molecule has 5 nitrogen and oxygen atoms in total. The van der Waals surface area contributed by atoms with Gasteiger partial charge in [0.2, 0.25) is 0 Å². The van der Waals surface area contributed by atoms with Crippen molar-refractivity contribution < 1.29 is 9.90 Å². The minimum absolute atomic E-state index is 0.318. The quantitative estimate of drug-likeness (QED) is 0.862. The van der Waals surface area contributed by atoms with E-state index >= 15 is 0 Å². The van der Waals surface area contributed by atoms with Gasteiger partial charge in [0.25, 0.3) is 0 Å². The lowest BCUT2D eigenvalue weighted by Crippen LogP contribution is -2.45. The summed E-state index contributed by atoms with van der Waals surface area (Å²) in [6.45, 7) is 5.66. The average Bonchev–Trinajstić information content (AvgIpc) is 2.91. The first kappa shape index (κ1) is 13.1. The third-order valence-corrected chi connectivity index (χ3v) is 3.83. The Morgan fingerprint density at radius 2 is 2.44 bits per heavy atom. The van der Waals surface area contributed by atoms with Crippen LogP contribution in [0.1, 0.15) is 32.0 Å². The lowest BCUT2D eigenvalue weighted by Gasteiger charge is -2.30. The highest BCUT2D eigenvalue weighted by atomic mass is 16.4. The Kier molecular flexibility index (Phi) is 4.01. The molecule has 0 aliphatic carbocycles. The van der Waals surface area contributed by atoms with Gasteiger partial charge < -0.3 is 9.67 Å². The predicted octanol–water partition coefficient (Wildman–Crippen LogP) is 1.52. The first-order chi connectivity index (χ1) is 8.63. The van der Waals surface area contributed by atoms with Crippen LogP contribution in [0.4, 0.5) is 0 Å². The Hall–Kier alpha value is -1.36. The summed E-state index contributed by atoms with van der Waals surface area (Å²) in [5.74, 6) is 0.289. The fourth-order valence-electron chi connectivity index (χ4n) is 2.84. The molecular formula is C13H21N3O2. The van der Waals surface area contributed by atoms with E-state index in [-0.39, 0.29) is 6.04 Å². The summed E-state index contributed by atoms with van der Waals surface area (Å²) in [6, 6.07) is -0.0275. The van der Waals surface area contributed by atoms with E-state index in [1.807, 2.05) is 20.0 Å². The maximum Gasteiger partial charge on any atom is 0.320 e. The Bertz CT molecular complexity index is 416. The number of aromatic nitrogens is 2. The highest BCUT2D eigenvalue weighted by Crippen LogP contribution is 2.23. The van der Waals surface area contributed by atoms with Gasteiger partial charge in [0.1, 0.15) is 11.9 Å². The van der Waals surface area contributed by atoms with Crippen molar-refractivity contribution in [2.24, 2.45) is 0 Å². The molecule has 2 atom stereocenters. The summed E-state index contributed by atoms with van der Waals surface area (Å²) in [6.07, 6.45) is 6.58. The Morgan fingerprint density at radius 3 is 3.00 bits per heavy atom. The van der Waals surface area contributed by atoms with Crippen molar-refractivity contribution in [2.75, 3.05) is 6.54 Å². The molecule has 1 N–H and O–H groups in total. The largest absolute Gasteiger partial charge is 0.480 e. The van der Waals surface area contributed by atoms with Crippen LogP contribution in [0.15, 0.2) is 12.4 Å². The summed E-state index contributed by atoms with van der Waals surface area (Å²) in [7, 11) is 0. The minimum Gasteiger partial charge on any atom is -0.480 e. The van der Waals surface area contributed by atoms with E-state index in [9.17, 15) is 9.90 Å². The van der Waals surface area contributed by atoms with Gasteiger partial charge in [0.05, 0.1) is 0 Å². The molecule has 5 heteroatoms. The molecule has 0 aromatic carbocycles. The van der Waals surface area contributed by atoms with Crippen molar-refractivity contribution in [3.63, 3.8) is 0 Å². The number of carbonyl (C=O) groups is 1. The molecule has 2 rings (SSSR count). The molecule has 1 aliphatic heterocycles. The lowest BCUT2D eigenvalue weighted by atomic mass is 10.1. The van der Waals surface area contributed by atoms with Crippen LogP contribution < -0.4 is 0 Å². The van der Waals surface area contributed by atoms with Crippen molar-refractivity contribution in [3.8, 4) is 0 Å². The van der Waals surface area contributed by atoms with Crippen LogP contribution in [0, 0.1) is 6.92 Å². The van der Waals surface area contributed by atoms with Gasteiger partial charge in [-0.2, -0.15) is 0 Å². The first-order valence-corrected chi connectivity index (χ1v) is 6.59. The molecule has 1 aromatic heterocycles. The number of imidazole rings is 1. The van der Waals surface area contributed by atoms with Crippen LogP contribution in [0.2, 0.25) is 0 Å². The number of nitrogens with zero attached hydrogens (tertiary/aromatic N) is 3. The van der Waals surface area contributed by atoms with Gasteiger partial charge in [-0.15, -0.1) is 0 Å². The monoisotopic (exact) mass is 251 g/mol. The van der Waals surface area contributed by atoms with E-state index in [0.717, 1.165) is 31.8 Å². The van der Waals surface area contributed by atoms with Crippen LogP contribution in [-0.2, 0) is 11.3 Å². The Balaban J connectivity index is 2.08.